The van der Waals surface area contributed by atoms with Crippen LogP contribution in [0.4, 0.5) is 9.52 Å². The average Bonchev–Trinajstić information content (AvgIpc) is 3.15. The molecular weight excluding hydrogens is 365 g/mol. The quantitative estimate of drug-likeness (QED) is 0.674. The predicted octanol–water partition coefficient (Wildman–Crippen LogP) is 3.55. The molecule has 0 atom stereocenters. The van der Waals surface area contributed by atoms with Gasteiger partial charge in [0.05, 0.1) is 17.7 Å². The zero-order valence-corrected chi connectivity index (χ0v) is 15.6. The number of carbonyl (C=O) groups excluding carboxylic acids is 1. The number of hydrogen-bond acceptors (Lipinski definition) is 5. The molecule has 1 amide bonds. The standard InChI is InChI=1S/C20H20FN3O2S/c21-16-7-4-8-17-19(16)22-20(27-17)24-12-10-23(11-13-24)18(25)9-14-26-15-5-2-1-3-6-15/h1-8H,9-14H2. The molecule has 27 heavy (non-hydrogen) atoms. The number of nitrogens with zero attached hydrogens (tertiary/aromatic N) is 3. The van der Waals surface area contributed by atoms with Gasteiger partial charge in [0.1, 0.15) is 17.1 Å². The summed E-state index contributed by atoms with van der Waals surface area (Å²) in [7, 11) is 0. The number of rotatable bonds is 5. The van der Waals surface area contributed by atoms with E-state index in [0.717, 1.165) is 15.6 Å². The number of fused-ring (bicyclic) bond motifs is 1. The van der Waals surface area contributed by atoms with Gasteiger partial charge in [-0.2, -0.15) is 0 Å². The third kappa shape index (κ3) is 4.03. The van der Waals surface area contributed by atoms with Gasteiger partial charge in [0.15, 0.2) is 5.13 Å². The topological polar surface area (TPSA) is 45.7 Å². The number of anilines is 1. The van der Waals surface area contributed by atoms with E-state index in [1.54, 1.807) is 6.07 Å². The van der Waals surface area contributed by atoms with E-state index in [1.807, 2.05) is 41.3 Å². The van der Waals surface area contributed by atoms with Crippen LogP contribution in [0.2, 0.25) is 0 Å². The summed E-state index contributed by atoms with van der Waals surface area (Å²) >= 11 is 1.49. The van der Waals surface area contributed by atoms with Crippen molar-refractivity contribution < 1.29 is 13.9 Å². The second-order valence-electron chi connectivity index (χ2n) is 6.36. The zero-order valence-electron chi connectivity index (χ0n) is 14.8. The number of piperazine rings is 1. The van der Waals surface area contributed by atoms with Gasteiger partial charge in [-0.15, -0.1) is 0 Å². The molecule has 0 bridgehead atoms. The minimum atomic E-state index is -0.290. The molecule has 1 fully saturated rings. The van der Waals surface area contributed by atoms with Gasteiger partial charge in [-0.3, -0.25) is 4.79 Å². The van der Waals surface area contributed by atoms with E-state index in [9.17, 15) is 9.18 Å². The molecule has 1 aliphatic rings. The first kappa shape index (κ1) is 17.7. The Morgan fingerprint density at radius 3 is 2.59 bits per heavy atom. The molecule has 2 heterocycles. The molecule has 3 aromatic rings. The third-order valence-corrected chi connectivity index (χ3v) is 5.67. The molecular formula is C20H20FN3O2S. The van der Waals surface area contributed by atoms with E-state index in [2.05, 4.69) is 9.88 Å². The predicted molar refractivity (Wildman–Crippen MR) is 105 cm³/mol. The highest BCUT2D eigenvalue weighted by Crippen LogP contribution is 2.30. The lowest BCUT2D eigenvalue weighted by molar-refractivity contribution is -0.132. The number of para-hydroxylation sites is 2. The molecule has 0 aliphatic carbocycles. The molecule has 1 aromatic heterocycles. The van der Waals surface area contributed by atoms with Crippen molar-refractivity contribution in [3.05, 3.63) is 54.3 Å². The summed E-state index contributed by atoms with van der Waals surface area (Å²) in [5.74, 6) is 0.585. The molecule has 7 heteroatoms. The number of halogens is 1. The maximum atomic E-state index is 13.8. The summed E-state index contributed by atoms with van der Waals surface area (Å²) in [6.07, 6.45) is 0.362. The van der Waals surface area contributed by atoms with E-state index in [4.69, 9.17) is 4.74 Å². The number of thiazole rings is 1. The second kappa shape index (κ2) is 7.92. The lowest BCUT2D eigenvalue weighted by Crippen LogP contribution is -2.49. The van der Waals surface area contributed by atoms with Crippen LogP contribution in [0.1, 0.15) is 6.42 Å². The lowest BCUT2D eigenvalue weighted by atomic mass is 10.3. The highest BCUT2D eigenvalue weighted by atomic mass is 32.1. The number of benzene rings is 2. The summed E-state index contributed by atoms with van der Waals surface area (Å²) in [4.78, 5) is 20.8. The molecule has 0 N–H and O–H groups in total. The fourth-order valence-electron chi connectivity index (χ4n) is 3.12. The van der Waals surface area contributed by atoms with Crippen molar-refractivity contribution in [2.45, 2.75) is 6.42 Å². The molecule has 4 rings (SSSR count). The Morgan fingerprint density at radius 2 is 1.85 bits per heavy atom. The van der Waals surface area contributed by atoms with Crippen molar-refractivity contribution in [3.63, 3.8) is 0 Å². The first-order chi connectivity index (χ1) is 13.2. The van der Waals surface area contributed by atoms with Gasteiger partial charge in [0.2, 0.25) is 5.91 Å². The van der Waals surface area contributed by atoms with Crippen LogP contribution in [0.3, 0.4) is 0 Å². The van der Waals surface area contributed by atoms with Gasteiger partial charge in [0, 0.05) is 26.2 Å². The fraction of sp³-hybridized carbons (Fsp3) is 0.300. The van der Waals surface area contributed by atoms with E-state index >= 15 is 0 Å². The van der Waals surface area contributed by atoms with Crippen LogP contribution in [-0.4, -0.2) is 48.6 Å². The summed E-state index contributed by atoms with van der Waals surface area (Å²) in [6, 6.07) is 14.5. The van der Waals surface area contributed by atoms with Gasteiger partial charge in [-0.25, -0.2) is 9.37 Å². The number of aromatic nitrogens is 1. The minimum absolute atomic E-state index is 0.0981. The Kier molecular flexibility index (Phi) is 5.20. The van der Waals surface area contributed by atoms with Crippen LogP contribution in [0, 0.1) is 5.82 Å². The van der Waals surface area contributed by atoms with Crippen LogP contribution in [0.25, 0.3) is 10.2 Å². The minimum Gasteiger partial charge on any atom is -0.493 e. The third-order valence-electron chi connectivity index (χ3n) is 4.59. The summed E-state index contributed by atoms with van der Waals surface area (Å²) in [6.45, 7) is 3.06. The molecule has 0 spiro atoms. The molecule has 2 aromatic carbocycles. The summed E-state index contributed by atoms with van der Waals surface area (Å²) in [5.41, 5.74) is 0.425. The van der Waals surface area contributed by atoms with E-state index in [1.165, 1.54) is 17.4 Å². The fourth-order valence-corrected chi connectivity index (χ4v) is 4.15. The summed E-state index contributed by atoms with van der Waals surface area (Å²) in [5, 5.41) is 0.814. The van der Waals surface area contributed by atoms with E-state index in [-0.39, 0.29) is 11.7 Å². The molecule has 1 aliphatic heterocycles. The van der Waals surface area contributed by atoms with Gasteiger partial charge < -0.3 is 14.5 Å². The normalized spacial score (nSPS) is 14.6. The van der Waals surface area contributed by atoms with Gasteiger partial charge in [-0.05, 0) is 24.3 Å². The smallest absolute Gasteiger partial charge is 0.226 e. The zero-order chi connectivity index (χ0) is 18.6. The Morgan fingerprint density at radius 1 is 1.07 bits per heavy atom. The van der Waals surface area contributed by atoms with Crippen molar-refractivity contribution in [1.82, 2.24) is 9.88 Å². The maximum Gasteiger partial charge on any atom is 0.226 e. The average molecular weight is 385 g/mol. The summed E-state index contributed by atoms with van der Waals surface area (Å²) < 4.78 is 20.3. The van der Waals surface area contributed by atoms with Crippen molar-refractivity contribution >= 4 is 32.6 Å². The largest absolute Gasteiger partial charge is 0.493 e. The monoisotopic (exact) mass is 385 g/mol. The first-order valence-corrected chi connectivity index (χ1v) is 9.78. The Hall–Kier alpha value is -2.67. The number of ether oxygens (including phenoxy) is 1. The van der Waals surface area contributed by atoms with E-state index in [0.29, 0.717) is 44.7 Å². The van der Waals surface area contributed by atoms with Crippen molar-refractivity contribution in [2.24, 2.45) is 0 Å². The highest BCUT2D eigenvalue weighted by molar-refractivity contribution is 7.22. The maximum absolute atomic E-state index is 13.8. The molecule has 1 saturated heterocycles. The SMILES string of the molecule is O=C(CCOc1ccccc1)N1CCN(c2nc3c(F)cccc3s2)CC1. The highest BCUT2D eigenvalue weighted by Gasteiger charge is 2.23. The van der Waals surface area contributed by atoms with Gasteiger partial charge >= 0.3 is 0 Å². The van der Waals surface area contributed by atoms with Crippen LogP contribution >= 0.6 is 11.3 Å². The first-order valence-electron chi connectivity index (χ1n) is 8.96. The van der Waals surface area contributed by atoms with Gasteiger partial charge in [0.25, 0.3) is 0 Å². The molecule has 5 nitrogen and oxygen atoms in total. The van der Waals surface area contributed by atoms with Crippen molar-refractivity contribution in [3.8, 4) is 5.75 Å². The lowest BCUT2D eigenvalue weighted by Gasteiger charge is -2.34. The molecule has 0 saturated carbocycles. The molecule has 0 unspecified atom stereocenters. The van der Waals surface area contributed by atoms with E-state index < -0.39 is 0 Å². The van der Waals surface area contributed by atoms with Crippen LogP contribution < -0.4 is 9.64 Å². The van der Waals surface area contributed by atoms with Gasteiger partial charge in [-0.1, -0.05) is 35.6 Å². The molecule has 140 valence electrons. The number of hydrogen-bond donors (Lipinski definition) is 0. The number of amides is 1. The Labute approximate surface area is 161 Å². The second-order valence-corrected chi connectivity index (χ2v) is 7.37. The Bertz CT molecular complexity index is 923. The van der Waals surface area contributed by atoms with Crippen molar-refractivity contribution in [2.75, 3.05) is 37.7 Å². The van der Waals surface area contributed by atoms with Crippen LogP contribution in [0.5, 0.6) is 5.75 Å². The van der Waals surface area contributed by atoms with Crippen molar-refractivity contribution in [1.29, 1.82) is 0 Å². The molecule has 0 radical (unpaired) electrons. The Balaban J connectivity index is 1.29. The van der Waals surface area contributed by atoms with Crippen LogP contribution in [0.15, 0.2) is 48.5 Å². The number of carbonyl (C=O) groups is 1. The van der Waals surface area contributed by atoms with Crippen LogP contribution in [-0.2, 0) is 4.79 Å².